The molecule has 30 heavy (non-hydrogen) atoms. The van der Waals surface area contributed by atoms with E-state index in [9.17, 15) is 0 Å². The monoisotopic (exact) mass is 545 g/mol. The van der Waals surface area contributed by atoms with Gasteiger partial charge in [0.15, 0.2) is 5.96 Å². The molecule has 0 bridgehead atoms. The van der Waals surface area contributed by atoms with Crippen molar-refractivity contribution in [2.75, 3.05) is 59.1 Å². The maximum Gasteiger partial charge on any atom is 0.193 e. The minimum absolute atomic E-state index is 0. The predicted molar refractivity (Wildman–Crippen MR) is 142 cm³/mol. The van der Waals surface area contributed by atoms with Crippen molar-refractivity contribution < 1.29 is 0 Å². The zero-order chi connectivity index (χ0) is 20.6. The highest BCUT2D eigenvalue weighted by Crippen LogP contribution is 2.24. The second-order valence-electron chi connectivity index (χ2n) is 8.75. The molecule has 1 N–H and O–H groups in total. The Morgan fingerprint density at radius 2 is 1.83 bits per heavy atom. The van der Waals surface area contributed by atoms with Gasteiger partial charge in [-0.3, -0.25) is 9.89 Å². The Morgan fingerprint density at radius 1 is 1.10 bits per heavy atom. The highest BCUT2D eigenvalue weighted by molar-refractivity contribution is 14.0. The molecule has 0 aromatic heterocycles. The number of thioether (sulfide) groups is 1. The molecule has 2 aliphatic heterocycles. The van der Waals surface area contributed by atoms with Gasteiger partial charge in [-0.2, -0.15) is 11.8 Å². The third-order valence-corrected chi connectivity index (χ3v) is 7.58. The molecule has 1 atom stereocenters. The van der Waals surface area contributed by atoms with Crippen LogP contribution in [0.25, 0.3) is 0 Å². The summed E-state index contributed by atoms with van der Waals surface area (Å²) in [6.07, 6.45) is 1.27. The fourth-order valence-corrected chi connectivity index (χ4v) is 5.36. The molecule has 3 rings (SSSR count). The van der Waals surface area contributed by atoms with Crippen LogP contribution in [0.2, 0.25) is 0 Å². The van der Waals surface area contributed by atoms with Gasteiger partial charge in [-0.1, -0.05) is 38.1 Å². The molecule has 2 fully saturated rings. The summed E-state index contributed by atoms with van der Waals surface area (Å²) in [5.74, 6) is 2.93. The largest absolute Gasteiger partial charge is 0.352 e. The van der Waals surface area contributed by atoms with Crippen LogP contribution in [0.3, 0.4) is 0 Å². The Kier molecular flexibility index (Phi) is 11.3. The number of hydrogen-bond donors (Lipinski definition) is 1. The number of likely N-dealkylation sites (N-methyl/N-ethyl adjacent to an activating group) is 1. The molecule has 170 valence electrons. The molecule has 1 unspecified atom stereocenters. The van der Waals surface area contributed by atoms with E-state index in [0.717, 1.165) is 32.1 Å². The minimum atomic E-state index is 0. The van der Waals surface area contributed by atoms with Crippen molar-refractivity contribution in [2.24, 2.45) is 10.9 Å². The van der Waals surface area contributed by atoms with Gasteiger partial charge in [-0.25, -0.2) is 0 Å². The van der Waals surface area contributed by atoms with Crippen molar-refractivity contribution in [3.05, 3.63) is 35.4 Å². The second-order valence-corrected chi connectivity index (χ2v) is 10.1. The molecule has 1 aromatic rings. The van der Waals surface area contributed by atoms with Gasteiger partial charge in [-0.15, -0.1) is 24.0 Å². The first kappa shape index (κ1) is 25.7. The summed E-state index contributed by atoms with van der Waals surface area (Å²) in [7, 11) is 4.13. The Morgan fingerprint density at radius 3 is 2.53 bits per heavy atom. The van der Waals surface area contributed by atoms with Crippen LogP contribution < -0.4 is 5.32 Å². The van der Waals surface area contributed by atoms with Gasteiger partial charge < -0.3 is 15.1 Å². The van der Waals surface area contributed by atoms with E-state index in [1.54, 1.807) is 0 Å². The lowest BCUT2D eigenvalue weighted by Crippen LogP contribution is -2.48. The van der Waals surface area contributed by atoms with Gasteiger partial charge in [0.05, 0.1) is 0 Å². The molecule has 1 aromatic carbocycles. The molecule has 2 saturated heterocycles. The van der Waals surface area contributed by atoms with Crippen molar-refractivity contribution >= 4 is 41.7 Å². The molecule has 2 aliphatic rings. The SMILES string of the molecule is CN=C(NCc1ccc(CN2CCCN(C)CC2)cc1)N1CCSC(C(C)C)C1.I. The van der Waals surface area contributed by atoms with Crippen molar-refractivity contribution in [3.8, 4) is 0 Å². The van der Waals surface area contributed by atoms with E-state index in [1.807, 2.05) is 7.05 Å². The molecule has 0 radical (unpaired) electrons. The molecular formula is C23H40IN5S. The zero-order valence-electron chi connectivity index (χ0n) is 19.1. The molecule has 7 heteroatoms. The van der Waals surface area contributed by atoms with Crippen LogP contribution in [-0.4, -0.2) is 85.0 Å². The molecule has 0 aliphatic carbocycles. The van der Waals surface area contributed by atoms with Crippen molar-refractivity contribution in [3.63, 3.8) is 0 Å². The first-order chi connectivity index (χ1) is 14.0. The van der Waals surface area contributed by atoms with Gasteiger partial charge in [-0.05, 0) is 43.6 Å². The second kappa shape index (κ2) is 13.1. The molecule has 0 saturated carbocycles. The molecule has 0 spiro atoms. The lowest BCUT2D eigenvalue weighted by Gasteiger charge is -2.36. The number of guanidine groups is 1. The molecule has 5 nitrogen and oxygen atoms in total. The average Bonchev–Trinajstić information content (AvgIpc) is 2.94. The third kappa shape index (κ3) is 7.88. The highest BCUT2D eigenvalue weighted by Gasteiger charge is 2.24. The van der Waals surface area contributed by atoms with E-state index in [4.69, 9.17) is 0 Å². The van der Waals surface area contributed by atoms with Crippen LogP contribution in [0.15, 0.2) is 29.3 Å². The normalized spacial score (nSPS) is 22.0. The number of nitrogens with one attached hydrogen (secondary N) is 1. The summed E-state index contributed by atoms with van der Waals surface area (Å²) in [5, 5.41) is 4.27. The Hall–Kier alpha value is -0.510. The van der Waals surface area contributed by atoms with Crippen molar-refractivity contribution in [2.45, 2.75) is 38.6 Å². The van der Waals surface area contributed by atoms with E-state index in [-0.39, 0.29) is 24.0 Å². The quantitative estimate of drug-likeness (QED) is 0.348. The summed E-state index contributed by atoms with van der Waals surface area (Å²) in [4.78, 5) is 12.0. The number of benzene rings is 1. The summed E-state index contributed by atoms with van der Waals surface area (Å²) < 4.78 is 0. The summed E-state index contributed by atoms with van der Waals surface area (Å²) in [6, 6.07) is 9.12. The van der Waals surface area contributed by atoms with Gasteiger partial charge >= 0.3 is 0 Å². The molecule has 2 heterocycles. The Bertz CT molecular complexity index is 651. The number of aliphatic imine (C=N–C) groups is 1. The number of halogens is 1. The van der Waals surface area contributed by atoms with Gasteiger partial charge in [0.2, 0.25) is 0 Å². The lowest BCUT2D eigenvalue weighted by molar-refractivity contribution is 0.269. The summed E-state index contributed by atoms with van der Waals surface area (Å²) in [5.41, 5.74) is 2.73. The first-order valence-corrected chi connectivity index (χ1v) is 12.2. The number of rotatable bonds is 5. The van der Waals surface area contributed by atoms with Crippen LogP contribution in [-0.2, 0) is 13.1 Å². The van der Waals surface area contributed by atoms with Gasteiger partial charge in [0.25, 0.3) is 0 Å². The highest BCUT2D eigenvalue weighted by atomic mass is 127. The topological polar surface area (TPSA) is 34.1 Å². The van der Waals surface area contributed by atoms with Crippen LogP contribution in [0, 0.1) is 5.92 Å². The lowest BCUT2D eigenvalue weighted by atomic mass is 10.1. The first-order valence-electron chi connectivity index (χ1n) is 11.1. The molecule has 0 amide bonds. The van der Waals surface area contributed by atoms with E-state index in [2.05, 4.69) is 81.9 Å². The fraction of sp³-hybridized carbons (Fsp3) is 0.696. The summed E-state index contributed by atoms with van der Waals surface area (Å²) >= 11 is 2.10. The summed E-state index contributed by atoms with van der Waals surface area (Å²) in [6.45, 7) is 13.5. The minimum Gasteiger partial charge on any atom is -0.352 e. The van der Waals surface area contributed by atoms with Gasteiger partial charge in [0.1, 0.15) is 0 Å². The predicted octanol–water partition coefficient (Wildman–Crippen LogP) is 3.59. The average molecular weight is 546 g/mol. The van der Waals surface area contributed by atoms with Crippen LogP contribution >= 0.6 is 35.7 Å². The standard InChI is InChI=1S/C23H39N5S.HI/c1-19(2)22-18-28(14-15-29-22)23(24-3)25-16-20-6-8-21(9-7-20)17-27-11-5-10-26(4)12-13-27;/h6-9,19,22H,5,10-18H2,1-4H3,(H,24,25);1H. The van der Waals surface area contributed by atoms with Gasteiger partial charge in [0, 0.05) is 57.3 Å². The third-order valence-electron chi connectivity index (χ3n) is 6.04. The van der Waals surface area contributed by atoms with Crippen LogP contribution in [0.5, 0.6) is 0 Å². The Labute approximate surface area is 205 Å². The van der Waals surface area contributed by atoms with Crippen LogP contribution in [0.1, 0.15) is 31.4 Å². The zero-order valence-corrected chi connectivity index (χ0v) is 22.3. The van der Waals surface area contributed by atoms with E-state index in [1.165, 1.54) is 49.5 Å². The van der Waals surface area contributed by atoms with Crippen LogP contribution in [0.4, 0.5) is 0 Å². The maximum atomic E-state index is 4.54. The smallest absolute Gasteiger partial charge is 0.193 e. The molecular weight excluding hydrogens is 505 g/mol. The van der Waals surface area contributed by atoms with E-state index >= 15 is 0 Å². The maximum absolute atomic E-state index is 4.54. The van der Waals surface area contributed by atoms with E-state index < -0.39 is 0 Å². The van der Waals surface area contributed by atoms with Crippen molar-refractivity contribution in [1.82, 2.24) is 20.0 Å². The fourth-order valence-electron chi connectivity index (χ4n) is 4.06. The Balaban J connectivity index is 0.00000320. The van der Waals surface area contributed by atoms with Crippen molar-refractivity contribution in [1.29, 1.82) is 0 Å². The number of nitrogens with zero attached hydrogens (tertiary/aromatic N) is 4. The number of hydrogen-bond acceptors (Lipinski definition) is 4. The van der Waals surface area contributed by atoms with E-state index in [0.29, 0.717) is 11.2 Å².